The van der Waals surface area contributed by atoms with Gasteiger partial charge in [-0.2, -0.15) is 0 Å². The summed E-state index contributed by atoms with van der Waals surface area (Å²) in [5.41, 5.74) is 0. The Labute approximate surface area is 177 Å². The van der Waals surface area contributed by atoms with Gasteiger partial charge in [-0.25, -0.2) is 0 Å². The molecule has 120 valence electrons. The van der Waals surface area contributed by atoms with E-state index in [1.165, 1.54) is 0 Å². The molecule has 0 spiro atoms. The van der Waals surface area contributed by atoms with E-state index in [0.29, 0.717) is 39.3 Å². The third kappa shape index (κ3) is 13.4. The summed E-state index contributed by atoms with van der Waals surface area (Å²) >= 11 is 0. The number of carboxylic acids is 3. The van der Waals surface area contributed by atoms with Crippen molar-refractivity contribution in [3.05, 3.63) is 0 Å². The van der Waals surface area contributed by atoms with Crippen molar-refractivity contribution < 1.29 is 86.3 Å². The average molecular weight is 321 g/mol. The van der Waals surface area contributed by atoms with E-state index in [1.54, 1.807) is 14.7 Å². The van der Waals surface area contributed by atoms with Crippen molar-refractivity contribution in [1.29, 1.82) is 0 Å². The molecule has 0 amide bonds. The summed E-state index contributed by atoms with van der Waals surface area (Å²) in [5, 5.41) is 32.0. The Hall–Kier alpha value is 0.0822. The minimum Gasteiger partial charge on any atom is -0.549 e. The molecule has 1 rings (SSSR count). The number of nitrogens with zero attached hydrogens (tertiary/aromatic N) is 3. The van der Waals surface area contributed by atoms with Gasteiger partial charge >= 0.3 is 56.6 Å². The first-order chi connectivity index (χ1) is 9.86. The van der Waals surface area contributed by atoms with Crippen LogP contribution >= 0.6 is 0 Å². The van der Waals surface area contributed by atoms with Crippen LogP contribution in [0.2, 0.25) is 0 Å². The minimum atomic E-state index is -1.23. The van der Waals surface area contributed by atoms with Gasteiger partial charge in [0, 0.05) is 58.9 Å². The Morgan fingerprint density at radius 3 is 0.833 bits per heavy atom. The SMILES string of the molecule is O=C([O-])CN1CCN(CC(=O)[O-])CCN(CC(=O)[O-])CC1.[Li+].[Li+].[Li+]. The second kappa shape index (κ2) is 15.3. The van der Waals surface area contributed by atoms with Gasteiger partial charge in [-0.3, -0.25) is 14.7 Å². The standard InChI is InChI=1S/C12H21N3O6.3Li/c16-10(17)7-13-1-2-14(8-11(18)19)5-6-15(4-3-13)9-12(20)21;;;/h1-9H2,(H,16,17)(H,18,19)(H,20,21);;;/q;3*+1/p-3. The number of aliphatic carboxylic acids is 3. The molecule has 0 aromatic carbocycles. The molecule has 9 nitrogen and oxygen atoms in total. The molecule has 0 unspecified atom stereocenters. The predicted molar refractivity (Wildman–Crippen MR) is 64.3 cm³/mol. The van der Waals surface area contributed by atoms with Gasteiger partial charge in [0.25, 0.3) is 0 Å². The number of hydrogen-bond acceptors (Lipinski definition) is 9. The van der Waals surface area contributed by atoms with Crippen LogP contribution in [-0.4, -0.2) is 91.5 Å². The molecule has 0 bridgehead atoms. The summed E-state index contributed by atoms with van der Waals surface area (Å²) < 4.78 is 0. The second-order valence-electron chi connectivity index (χ2n) is 4.94. The van der Waals surface area contributed by atoms with Crippen molar-refractivity contribution >= 4 is 17.9 Å². The van der Waals surface area contributed by atoms with Gasteiger partial charge in [-0.15, -0.1) is 0 Å². The maximum absolute atomic E-state index is 10.7. The number of carbonyl (C=O) groups excluding carboxylic acids is 3. The molecule has 1 saturated heterocycles. The predicted octanol–water partition coefficient (Wildman–Crippen LogP) is -14.8. The van der Waals surface area contributed by atoms with Crippen molar-refractivity contribution in [3.63, 3.8) is 0 Å². The van der Waals surface area contributed by atoms with Crippen LogP contribution in [0.5, 0.6) is 0 Å². The van der Waals surface area contributed by atoms with Gasteiger partial charge in [-0.05, 0) is 0 Å². The van der Waals surface area contributed by atoms with Gasteiger partial charge < -0.3 is 29.7 Å². The maximum atomic E-state index is 10.7. The molecule has 0 N–H and O–H groups in total. The van der Waals surface area contributed by atoms with Crippen LogP contribution in [-0.2, 0) is 14.4 Å². The quantitative estimate of drug-likeness (QED) is 0.438. The largest absolute Gasteiger partial charge is 1.00 e. The average Bonchev–Trinajstić information content (AvgIpc) is 2.42. The molecule has 1 fully saturated rings. The molecule has 1 heterocycles. The minimum absolute atomic E-state index is 0. The van der Waals surface area contributed by atoms with Crippen molar-refractivity contribution in [2.75, 3.05) is 58.9 Å². The van der Waals surface area contributed by atoms with E-state index in [9.17, 15) is 29.7 Å². The van der Waals surface area contributed by atoms with Crippen LogP contribution in [0.3, 0.4) is 0 Å². The summed E-state index contributed by atoms with van der Waals surface area (Å²) in [4.78, 5) is 36.8. The Morgan fingerprint density at radius 1 is 0.542 bits per heavy atom. The molecule has 24 heavy (non-hydrogen) atoms. The normalized spacial score (nSPS) is 17.0. The molecule has 1 aliphatic heterocycles. The fraction of sp³-hybridized carbons (Fsp3) is 0.750. The van der Waals surface area contributed by atoms with E-state index in [2.05, 4.69) is 0 Å². The van der Waals surface area contributed by atoms with Gasteiger partial charge in [0.2, 0.25) is 0 Å². The van der Waals surface area contributed by atoms with Gasteiger partial charge in [0.1, 0.15) is 0 Å². The third-order valence-electron chi connectivity index (χ3n) is 3.26. The summed E-state index contributed by atoms with van der Waals surface area (Å²) in [6, 6.07) is 0. The van der Waals surface area contributed by atoms with Crippen LogP contribution in [0.25, 0.3) is 0 Å². The Morgan fingerprint density at radius 2 is 0.708 bits per heavy atom. The summed E-state index contributed by atoms with van der Waals surface area (Å²) in [5.74, 6) is -3.69. The second-order valence-corrected chi connectivity index (χ2v) is 4.94. The van der Waals surface area contributed by atoms with E-state index in [4.69, 9.17) is 0 Å². The molecular formula is C12H18Li3N3O6. The summed E-state index contributed by atoms with van der Waals surface area (Å²) in [7, 11) is 0. The van der Waals surface area contributed by atoms with E-state index >= 15 is 0 Å². The Balaban J connectivity index is -0.00000147. The molecule has 12 heteroatoms. The van der Waals surface area contributed by atoms with Crippen LogP contribution in [0.1, 0.15) is 0 Å². The molecule has 0 aromatic rings. The number of rotatable bonds is 6. The molecule has 0 radical (unpaired) electrons. The van der Waals surface area contributed by atoms with Gasteiger partial charge in [0.15, 0.2) is 0 Å². The first-order valence-corrected chi connectivity index (χ1v) is 6.63. The van der Waals surface area contributed by atoms with Crippen molar-refractivity contribution in [2.24, 2.45) is 0 Å². The fourth-order valence-electron chi connectivity index (χ4n) is 2.21. The fourth-order valence-corrected chi connectivity index (χ4v) is 2.21. The zero-order valence-corrected chi connectivity index (χ0v) is 14.7. The molecule has 0 saturated carbocycles. The third-order valence-corrected chi connectivity index (χ3v) is 3.26. The van der Waals surface area contributed by atoms with E-state index in [1.807, 2.05) is 0 Å². The van der Waals surface area contributed by atoms with E-state index in [-0.39, 0.29) is 76.2 Å². The monoisotopic (exact) mass is 321 g/mol. The molecule has 1 aliphatic rings. The molecule has 0 aliphatic carbocycles. The van der Waals surface area contributed by atoms with Crippen LogP contribution in [0.4, 0.5) is 0 Å². The summed E-state index contributed by atoms with van der Waals surface area (Å²) in [6.45, 7) is 1.33. The van der Waals surface area contributed by atoms with E-state index in [0.717, 1.165) is 0 Å². The topological polar surface area (TPSA) is 130 Å². The summed E-state index contributed by atoms with van der Waals surface area (Å²) in [6.07, 6.45) is 0. The van der Waals surface area contributed by atoms with Crippen molar-refractivity contribution in [1.82, 2.24) is 14.7 Å². The van der Waals surface area contributed by atoms with Crippen LogP contribution < -0.4 is 71.9 Å². The van der Waals surface area contributed by atoms with Crippen LogP contribution in [0, 0.1) is 0 Å². The molecular weight excluding hydrogens is 303 g/mol. The number of hydrogen-bond donors (Lipinski definition) is 0. The number of carbonyl (C=O) groups is 3. The first kappa shape index (κ1) is 28.9. The molecule has 0 aromatic heterocycles. The van der Waals surface area contributed by atoms with Crippen molar-refractivity contribution in [3.8, 4) is 0 Å². The maximum Gasteiger partial charge on any atom is 1.00 e. The van der Waals surface area contributed by atoms with E-state index < -0.39 is 17.9 Å². The van der Waals surface area contributed by atoms with Gasteiger partial charge in [-0.1, -0.05) is 0 Å². The van der Waals surface area contributed by atoms with Crippen LogP contribution in [0.15, 0.2) is 0 Å². The Bertz CT molecular complexity index is 333. The smallest absolute Gasteiger partial charge is 0.549 e. The van der Waals surface area contributed by atoms with Crippen molar-refractivity contribution in [2.45, 2.75) is 0 Å². The Kier molecular flexibility index (Phi) is 18.5. The zero-order chi connectivity index (χ0) is 15.8. The number of carboxylic acid groups (broad SMARTS) is 3. The van der Waals surface area contributed by atoms with Gasteiger partial charge in [0.05, 0.1) is 17.9 Å². The molecule has 0 atom stereocenters. The first-order valence-electron chi connectivity index (χ1n) is 6.63. The zero-order valence-electron chi connectivity index (χ0n) is 14.7.